The van der Waals surface area contributed by atoms with E-state index in [9.17, 15) is 14.9 Å². The summed E-state index contributed by atoms with van der Waals surface area (Å²) in [6, 6.07) is 1.04. The molecule has 1 rings (SSSR count). The van der Waals surface area contributed by atoms with Gasteiger partial charge in [0.15, 0.2) is 5.75 Å². The highest BCUT2D eigenvalue weighted by Crippen LogP contribution is 2.31. The van der Waals surface area contributed by atoms with Crippen LogP contribution in [0.3, 0.4) is 0 Å². The van der Waals surface area contributed by atoms with E-state index in [4.69, 9.17) is 19.9 Å². The molecule has 0 aliphatic rings. The van der Waals surface area contributed by atoms with Crippen molar-refractivity contribution in [1.82, 2.24) is 4.98 Å². The van der Waals surface area contributed by atoms with Gasteiger partial charge in [-0.3, -0.25) is 14.9 Å². The number of primary amides is 1. The van der Waals surface area contributed by atoms with Crippen molar-refractivity contribution >= 4 is 11.6 Å². The molecule has 1 heterocycles. The number of rotatable bonds is 7. The van der Waals surface area contributed by atoms with Crippen molar-refractivity contribution in [2.45, 2.75) is 0 Å². The van der Waals surface area contributed by atoms with Gasteiger partial charge in [0.1, 0.15) is 6.61 Å². The number of amides is 1. The van der Waals surface area contributed by atoms with Gasteiger partial charge in [-0.2, -0.15) is 4.98 Å². The molecule has 1 aromatic rings. The van der Waals surface area contributed by atoms with E-state index < -0.39 is 22.2 Å². The first kappa shape index (κ1) is 14.6. The van der Waals surface area contributed by atoms with Crippen molar-refractivity contribution in [3.63, 3.8) is 0 Å². The molecule has 0 radical (unpaired) electrons. The quantitative estimate of drug-likeness (QED) is 0.424. The Labute approximate surface area is 108 Å². The zero-order valence-corrected chi connectivity index (χ0v) is 10.4. The molecule has 0 aliphatic carbocycles. The third-order valence-corrected chi connectivity index (χ3v) is 2.11. The number of aromatic nitrogens is 1. The molecule has 0 saturated carbocycles. The van der Waals surface area contributed by atoms with E-state index in [0.717, 1.165) is 6.07 Å². The van der Waals surface area contributed by atoms with E-state index in [-0.39, 0.29) is 24.8 Å². The summed E-state index contributed by atoms with van der Waals surface area (Å²) in [7, 11) is 2.78. The molecule has 0 spiro atoms. The van der Waals surface area contributed by atoms with Crippen LogP contribution in [0.5, 0.6) is 11.6 Å². The molecule has 104 valence electrons. The van der Waals surface area contributed by atoms with Crippen molar-refractivity contribution in [3.05, 3.63) is 21.9 Å². The van der Waals surface area contributed by atoms with Crippen LogP contribution >= 0.6 is 0 Å². The molecule has 0 aliphatic heterocycles. The minimum Gasteiger partial charge on any atom is -0.491 e. The fourth-order valence-corrected chi connectivity index (χ4v) is 1.26. The van der Waals surface area contributed by atoms with Crippen LogP contribution in [0.2, 0.25) is 0 Å². The molecule has 0 bridgehead atoms. The predicted octanol–water partition coefficient (Wildman–Crippen LogP) is 0.123. The first-order valence-corrected chi connectivity index (χ1v) is 5.16. The Bertz CT molecular complexity index is 490. The first-order chi connectivity index (χ1) is 9.01. The van der Waals surface area contributed by atoms with E-state index in [0.29, 0.717) is 0 Å². The smallest absolute Gasteiger partial charge is 0.304 e. The van der Waals surface area contributed by atoms with Gasteiger partial charge in [0.25, 0.3) is 11.8 Å². The van der Waals surface area contributed by atoms with E-state index in [1.54, 1.807) is 0 Å². The summed E-state index contributed by atoms with van der Waals surface area (Å²) in [6.07, 6.45) is 0. The third kappa shape index (κ3) is 3.52. The van der Waals surface area contributed by atoms with Crippen LogP contribution in [0.4, 0.5) is 5.69 Å². The fraction of sp³-hybridized carbons (Fsp3) is 0.400. The Morgan fingerprint density at radius 1 is 1.47 bits per heavy atom. The van der Waals surface area contributed by atoms with Gasteiger partial charge in [-0.15, -0.1) is 0 Å². The number of carbonyl (C=O) groups excluding carboxylic acids is 1. The van der Waals surface area contributed by atoms with Crippen LogP contribution in [0.25, 0.3) is 0 Å². The minimum absolute atomic E-state index is 0.0350. The minimum atomic E-state index is -1.02. The van der Waals surface area contributed by atoms with Gasteiger partial charge in [0.2, 0.25) is 5.69 Å². The van der Waals surface area contributed by atoms with Crippen LogP contribution in [0, 0.1) is 10.1 Å². The number of methoxy groups -OCH3 is 2. The zero-order chi connectivity index (χ0) is 14.4. The molecule has 0 atom stereocenters. The van der Waals surface area contributed by atoms with Crippen LogP contribution in [0.15, 0.2) is 6.07 Å². The van der Waals surface area contributed by atoms with E-state index in [2.05, 4.69) is 4.98 Å². The molecule has 0 unspecified atom stereocenters. The van der Waals surface area contributed by atoms with Crippen molar-refractivity contribution in [3.8, 4) is 11.6 Å². The van der Waals surface area contributed by atoms with E-state index in [1.807, 2.05) is 0 Å². The fourth-order valence-electron chi connectivity index (χ4n) is 1.26. The number of ether oxygens (including phenoxy) is 3. The molecule has 0 fully saturated rings. The van der Waals surface area contributed by atoms with Crippen molar-refractivity contribution in [1.29, 1.82) is 0 Å². The second-order valence-electron chi connectivity index (χ2n) is 3.33. The van der Waals surface area contributed by atoms with Crippen LogP contribution in [0.1, 0.15) is 10.5 Å². The molecule has 0 saturated heterocycles. The van der Waals surface area contributed by atoms with Gasteiger partial charge >= 0.3 is 5.69 Å². The van der Waals surface area contributed by atoms with Gasteiger partial charge in [0, 0.05) is 7.11 Å². The Hall–Kier alpha value is -2.42. The summed E-state index contributed by atoms with van der Waals surface area (Å²) in [4.78, 5) is 24.9. The first-order valence-electron chi connectivity index (χ1n) is 5.16. The van der Waals surface area contributed by atoms with E-state index in [1.165, 1.54) is 14.2 Å². The second-order valence-corrected chi connectivity index (χ2v) is 3.33. The molecule has 19 heavy (non-hydrogen) atoms. The van der Waals surface area contributed by atoms with Gasteiger partial charge in [0.05, 0.1) is 24.7 Å². The second kappa shape index (κ2) is 6.50. The Morgan fingerprint density at radius 3 is 2.63 bits per heavy atom. The predicted molar refractivity (Wildman–Crippen MR) is 63.3 cm³/mol. The number of nitrogens with two attached hydrogens (primary N) is 1. The molecule has 0 aromatic carbocycles. The maximum Gasteiger partial charge on any atom is 0.304 e. The summed E-state index contributed by atoms with van der Waals surface area (Å²) in [5.74, 6) is -1.04. The van der Waals surface area contributed by atoms with Crippen molar-refractivity contribution in [2.24, 2.45) is 5.73 Å². The van der Waals surface area contributed by atoms with Crippen LogP contribution < -0.4 is 15.2 Å². The summed E-state index contributed by atoms with van der Waals surface area (Å²) in [5, 5.41) is 10.8. The van der Waals surface area contributed by atoms with Gasteiger partial charge < -0.3 is 19.9 Å². The van der Waals surface area contributed by atoms with Crippen molar-refractivity contribution < 1.29 is 23.9 Å². The number of hydrogen-bond donors (Lipinski definition) is 1. The van der Waals surface area contributed by atoms with Gasteiger partial charge in [-0.1, -0.05) is 0 Å². The monoisotopic (exact) mass is 271 g/mol. The Balaban J connectivity index is 3.19. The normalized spacial score (nSPS) is 10.0. The van der Waals surface area contributed by atoms with Crippen molar-refractivity contribution in [2.75, 3.05) is 27.4 Å². The average molecular weight is 271 g/mol. The number of pyridine rings is 1. The standard InChI is InChI=1S/C10H13N3O6/c1-17-3-4-19-10-7(18-2)5-6(13(15)16)8(12-10)9(11)14/h5H,3-4H2,1-2H3,(H2,11,14). The summed E-state index contributed by atoms with van der Waals surface area (Å²) < 4.78 is 14.9. The number of hydrogen-bond acceptors (Lipinski definition) is 7. The Kier molecular flexibility index (Phi) is 5.01. The largest absolute Gasteiger partial charge is 0.491 e. The average Bonchev–Trinajstić information content (AvgIpc) is 2.38. The lowest BCUT2D eigenvalue weighted by Crippen LogP contribution is -2.17. The Morgan fingerprint density at radius 2 is 2.16 bits per heavy atom. The molecule has 1 aromatic heterocycles. The van der Waals surface area contributed by atoms with Gasteiger partial charge in [-0.25, -0.2) is 0 Å². The lowest BCUT2D eigenvalue weighted by Gasteiger charge is -2.10. The molecule has 2 N–H and O–H groups in total. The molecule has 9 nitrogen and oxygen atoms in total. The summed E-state index contributed by atoms with van der Waals surface area (Å²) >= 11 is 0. The SMILES string of the molecule is COCCOc1nc(C(N)=O)c([N+](=O)[O-])cc1OC. The summed E-state index contributed by atoms with van der Waals surface area (Å²) in [6.45, 7) is 0.434. The third-order valence-electron chi connectivity index (χ3n) is 2.11. The van der Waals surface area contributed by atoms with Gasteiger partial charge in [-0.05, 0) is 0 Å². The number of carbonyl (C=O) groups is 1. The molecule has 9 heteroatoms. The highest BCUT2D eigenvalue weighted by molar-refractivity contribution is 5.95. The van der Waals surface area contributed by atoms with Crippen LogP contribution in [-0.2, 0) is 4.74 Å². The summed E-state index contributed by atoms with van der Waals surface area (Å²) in [5.41, 5.74) is 4.01. The highest BCUT2D eigenvalue weighted by atomic mass is 16.6. The van der Waals surface area contributed by atoms with Crippen LogP contribution in [-0.4, -0.2) is 43.2 Å². The van der Waals surface area contributed by atoms with E-state index >= 15 is 0 Å². The highest BCUT2D eigenvalue weighted by Gasteiger charge is 2.25. The lowest BCUT2D eigenvalue weighted by atomic mass is 10.2. The maximum atomic E-state index is 11.1. The number of nitrogens with zero attached hydrogens (tertiary/aromatic N) is 2. The molecular formula is C10H13N3O6. The number of nitro groups is 1. The molecular weight excluding hydrogens is 258 g/mol. The molecule has 1 amide bonds. The zero-order valence-electron chi connectivity index (χ0n) is 10.4. The lowest BCUT2D eigenvalue weighted by molar-refractivity contribution is -0.385. The maximum absolute atomic E-state index is 11.1. The topological polar surface area (TPSA) is 127 Å².